The molecule has 6 nitrogen and oxygen atoms in total. The zero-order chi connectivity index (χ0) is 12.0. The van der Waals surface area contributed by atoms with Crippen LogP contribution < -0.4 is 15.9 Å². The second kappa shape index (κ2) is 3.58. The standard InChI is InChI=1S/C11H14N4O2/c12-9-6(10(16)17)5-13-11-14-7-3-1-2-4-8(7)15(9)11/h5,7-8,12H,1-4H2,(H,13,14)(H,16,17)/p-1. The average Bonchev–Trinajstić information content (AvgIpc) is 2.67. The highest BCUT2D eigenvalue weighted by Gasteiger charge is 2.34. The number of carboxylic acid groups (broad SMARTS) is 1. The number of carbonyl (C=O) groups is 1. The van der Waals surface area contributed by atoms with E-state index in [1.54, 1.807) is 4.57 Å². The first-order valence-corrected chi connectivity index (χ1v) is 5.82. The predicted octanol–water partition coefficient (Wildman–Crippen LogP) is -0.365. The maximum Gasteiger partial charge on any atom is 0.204 e. The third kappa shape index (κ3) is 1.44. The van der Waals surface area contributed by atoms with Gasteiger partial charge in [-0.3, -0.25) is 9.98 Å². The van der Waals surface area contributed by atoms with Crippen LogP contribution in [0.1, 0.15) is 42.1 Å². The van der Waals surface area contributed by atoms with Crippen LogP contribution in [0.4, 0.5) is 5.95 Å². The lowest BCUT2D eigenvalue weighted by atomic mass is 9.91. The lowest BCUT2D eigenvalue weighted by Crippen LogP contribution is -2.36. The minimum atomic E-state index is -1.34. The van der Waals surface area contributed by atoms with Gasteiger partial charge in [-0.1, -0.05) is 12.8 Å². The van der Waals surface area contributed by atoms with E-state index in [0.717, 1.165) is 19.3 Å². The van der Waals surface area contributed by atoms with E-state index in [1.165, 1.54) is 12.6 Å². The number of nitrogens with zero attached hydrogens (tertiary/aromatic N) is 2. The number of hydrogen-bond acceptors (Lipinski definition) is 5. The van der Waals surface area contributed by atoms with Crippen LogP contribution >= 0.6 is 0 Å². The van der Waals surface area contributed by atoms with E-state index in [9.17, 15) is 9.90 Å². The van der Waals surface area contributed by atoms with Crippen molar-refractivity contribution in [2.75, 3.05) is 5.32 Å². The van der Waals surface area contributed by atoms with Crippen molar-refractivity contribution in [3.63, 3.8) is 0 Å². The van der Waals surface area contributed by atoms with Crippen LogP contribution in [-0.4, -0.2) is 21.6 Å². The molecule has 1 aliphatic carbocycles. The fourth-order valence-electron chi connectivity index (χ4n) is 2.82. The molecule has 0 bridgehead atoms. The van der Waals surface area contributed by atoms with Gasteiger partial charge in [0.2, 0.25) is 5.95 Å². The van der Waals surface area contributed by atoms with E-state index in [-0.39, 0.29) is 23.1 Å². The highest BCUT2D eigenvalue weighted by Crippen LogP contribution is 2.35. The molecule has 3 rings (SSSR count). The summed E-state index contributed by atoms with van der Waals surface area (Å²) in [4.78, 5) is 15.0. The molecule has 1 aliphatic heterocycles. The number of rotatable bonds is 1. The van der Waals surface area contributed by atoms with Crippen molar-refractivity contribution in [3.05, 3.63) is 17.2 Å². The quantitative estimate of drug-likeness (QED) is 0.692. The summed E-state index contributed by atoms with van der Waals surface area (Å²) >= 11 is 0. The molecule has 1 saturated carbocycles. The highest BCUT2D eigenvalue weighted by molar-refractivity contribution is 5.84. The Labute approximate surface area is 97.8 Å². The summed E-state index contributed by atoms with van der Waals surface area (Å²) in [5.41, 5.74) is -0.140. The van der Waals surface area contributed by atoms with Gasteiger partial charge in [-0.15, -0.1) is 0 Å². The number of aromatic carboxylic acids is 1. The maximum atomic E-state index is 10.9. The van der Waals surface area contributed by atoms with E-state index in [2.05, 4.69) is 10.3 Å². The fourth-order valence-corrected chi connectivity index (χ4v) is 2.82. The van der Waals surface area contributed by atoms with Gasteiger partial charge in [0.15, 0.2) is 0 Å². The number of carbonyl (C=O) groups excluding carboxylic acids is 1. The van der Waals surface area contributed by atoms with Crippen LogP contribution in [0.15, 0.2) is 6.20 Å². The molecular weight excluding hydrogens is 220 g/mol. The summed E-state index contributed by atoms with van der Waals surface area (Å²) < 4.78 is 1.70. The van der Waals surface area contributed by atoms with Crippen molar-refractivity contribution < 1.29 is 9.90 Å². The van der Waals surface area contributed by atoms with Gasteiger partial charge < -0.3 is 15.2 Å². The molecule has 0 saturated heterocycles. The molecule has 17 heavy (non-hydrogen) atoms. The summed E-state index contributed by atoms with van der Waals surface area (Å²) in [6.45, 7) is 0. The zero-order valence-corrected chi connectivity index (χ0v) is 9.27. The molecule has 1 aromatic heterocycles. The minimum absolute atomic E-state index is 0.00287. The molecule has 6 heteroatoms. The summed E-state index contributed by atoms with van der Waals surface area (Å²) in [6, 6.07) is 0.454. The van der Waals surface area contributed by atoms with Gasteiger partial charge in [0.05, 0.1) is 17.6 Å². The van der Waals surface area contributed by atoms with E-state index >= 15 is 0 Å². The van der Waals surface area contributed by atoms with Gasteiger partial charge in [0.1, 0.15) is 5.49 Å². The highest BCUT2D eigenvalue weighted by atomic mass is 16.4. The number of carboxylic acids is 1. The Bertz CT molecular complexity index is 537. The Morgan fingerprint density at radius 3 is 3.06 bits per heavy atom. The molecule has 0 radical (unpaired) electrons. The van der Waals surface area contributed by atoms with Crippen molar-refractivity contribution in [2.24, 2.45) is 0 Å². The summed E-state index contributed by atoms with van der Waals surface area (Å²) in [5.74, 6) is -0.728. The second-order valence-electron chi connectivity index (χ2n) is 4.60. The zero-order valence-electron chi connectivity index (χ0n) is 9.27. The average molecular weight is 233 g/mol. The topological polar surface area (TPSA) is 93.8 Å². The Morgan fingerprint density at radius 1 is 1.53 bits per heavy atom. The minimum Gasteiger partial charge on any atom is -0.545 e. The molecule has 2 N–H and O–H groups in total. The Kier molecular flexibility index (Phi) is 2.17. The molecule has 2 heterocycles. The van der Waals surface area contributed by atoms with E-state index in [0.29, 0.717) is 5.95 Å². The molecule has 2 unspecified atom stereocenters. The molecule has 0 aromatic carbocycles. The normalized spacial score (nSPS) is 25.9. The lowest BCUT2D eigenvalue weighted by Gasteiger charge is -2.25. The third-order valence-electron chi connectivity index (χ3n) is 3.64. The van der Waals surface area contributed by atoms with Gasteiger partial charge in [-0.2, -0.15) is 0 Å². The van der Waals surface area contributed by atoms with Gasteiger partial charge in [-0.25, -0.2) is 4.98 Å². The Morgan fingerprint density at radius 2 is 2.29 bits per heavy atom. The number of fused-ring (bicyclic) bond motifs is 3. The van der Waals surface area contributed by atoms with Crippen LogP contribution in [-0.2, 0) is 0 Å². The largest absolute Gasteiger partial charge is 0.545 e. The monoisotopic (exact) mass is 233 g/mol. The van der Waals surface area contributed by atoms with Crippen molar-refractivity contribution in [2.45, 2.75) is 37.8 Å². The maximum absolute atomic E-state index is 10.9. The predicted molar refractivity (Wildman–Crippen MR) is 57.3 cm³/mol. The van der Waals surface area contributed by atoms with Crippen molar-refractivity contribution >= 4 is 11.9 Å². The number of hydrogen-bond donors (Lipinski definition) is 2. The lowest BCUT2D eigenvalue weighted by molar-refractivity contribution is -0.255. The van der Waals surface area contributed by atoms with Crippen LogP contribution in [0.5, 0.6) is 0 Å². The number of aromatic nitrogens is 2. The van der Waals surface area contributed by atoms with Crippen molar-refractivity contribution in [1.29, 1.82) is 5.41 Å². The molecule has 2 aliphatic rings. The molecular formula is C11H13N4O2-. The Hall–Kier alpha value is -1.85. The molecule has 90 valence electrons. The smallest absolute Gasteiger partial charge is 0.204 e. The Balaban J connectivity index is 2.13. The first-order valence-electron chi connectivity index (χ1n) is 5.82. The number of anilines is 1. The van der Waals surface area contributed by atoms with Gasteiger partial charge >= 0.3 is 0 Å². The summed E-state index contributed by atoms with van der Waals surface area (Å²) in [7, 11) is 0. The third-order valence-corrected chi connectivity index (χ3v) is 3.64. The SMILES string of the molecule is N=c1c(C(=O)[O-])cnc2n1C1CCCCC1N2. The van der Waals surface area contributed by atoms with Crippen LogP contribution in [0.25, 0.3) is 0 Å². The molecule has 1 fully saturated rings. The van der Waals surface area contributed by atoms with Gasteiger partial charge in [0, 0.05) is 12.2 Å². The number of nitrogens with one attached hydrogen (secondary N) is 2. The first-order chi connectivity index (χ1) is 8.18. The van der Waals surface area contributed by atoms with Gasteiger partial charge in [0.25, 0.3) is 0 Å². The molecule has 2 atom stereocenters. The first kappa shape index (κ1) is 10.3. The second-order valence-corrected chi connectivity index (χ2v) is 4.60. The van der Waals surface area contributed by atoms with Crippen LogP contribution in [0.3, 0.4) is 0 Å². The van der Waals surface area contributed by atoms with Crippen molar-refractivity contribution in [1.82, 2.24) is 9.55 Å². The summed E-state index contributed by atoms with van der Waals surface area (Å²) in [6.07, 6.45) is 5.51. The van der Waals surface area contributed by atoms with E-state index in [1.807, 2.05) is 0 Å². The van der Waals surface area contributed by atoms with E-state index in [4.69, 9.17) is 5.41 Å². The fraction of sp³-hybridized carbons (Fsp3) is 0.545. The van der Waals surface area contributed by atoms with Gasteiger partial charge in [-0.05, 0) is 12.8 Å². The molecule has 0 amide bonds. The van der Waals surface area contributed by atoms with Crippen LogP contribution in [0, 0.1) is 5.41 Å². The van der Waals surface area contributed by atoms with Crippen LogP contribution in [0.2, 0.25) is 0 Å². The summed E-state index contributed by atoms with van der Waals surface area (Å²) in [5, 5.41) is 22.1. The molecule has 1 aromatic rings. The van der Waals surface area contributed by atoms with Crippen molar-refractivity contribution in [3.8, 4) is 0 Å². The molecule has 0 spiro atoms. The van der Waals surface area contributed by atoms with E-state index < -0.39 is 5.97 Å².